The zero-order valence-corrected chi connectivity index (χ0v) is 21.8. The second-order valence-electron chi connectivity index (χ2n) is 8.32. The van der Waals surface area contributed by atoms with Crippen LogP contribution in [0.4, 0.5) is 5.95 Å². The number of thioether (sulfide) groups is 1. The van der Waals surface area contributed by atoms with Crippen LogP contribution in [0.5, 0.6) is 5.75 Å². The van der Waals surface area contributed by atoms with Gasteiger partial charge >= 0.3 is 0 Å². The van der Waals surface area contributed by atoms with Crippen LogP contribution in [0.2, 0.25) is 0 Å². The van der Waals surface area contributed by atoms with Crippen LogP contribution in [-0.2, 0) is 13.0 Å². The molecule has 6 heteroatoms. The zero-order chi connectivity index (χ0) is 24.5. The van der Waals surface area contributed by atoms with E-state index in [0.717, 1.165) is 46.6 Å². The van der Waals surface area contributed by atoms with Gasteiger partial charge in [0, 0.05) is 35.9 Å². The lowest BCUT2D eigenvalue weighted by atomic mass is 10.0. The summed E-state index contributed by atoms with van der Waals surface area (Å²) in [6, 6.07) is 14.2. The molecule has 0 bridgehead atoms. The third-order valence-electron chi connectivity index (χ3n) is 6.24. The van der Waals surface area contributed by atoms with Crippen molar-refractivity contribution in [3.63, 3.8) is 0 Å². The van der Waals surface area contributed by atoms with Crippen LogP contribution in [0.3, 0.4) is 0 Å². The zero-order valence-electron chi connectivity index (χ0n) is 21.0. The van der Waals surface area contributed by atoms with Crippen LogP contribution in [0, 0.1) is 11.8 Å². The van der Waals surface area contributed by atoms with E-state index in [0.29, 0.717) is 0 Å². The predicted octanol–water partition coefficient (Wildman–Crippen LogP) is 6.10. The van der Waals surface area contributed by atoms with Gasteiger partial charge in [0.25, 0.3) is 0 Å². The third-order valence-corrected chi connectivity index (χ3v) is 6.98. The summed E-state index contributed by atoms with van der Waals surface area (Å²) < 4.78 is 5.20. The number of aliphatic hydroxyl groups excluding tert-OH is 1. The third kappa shape index (κ3) is 6.51. The van der Waals surface area contributed by atoms with Crippen LogP contribution in [0.15, 0.2) is 59.8 Å². The largest absolute Gasteiger partial charge is 0.496 e. The summed E-state index contributed by atoms with van der Waals surface area (Å²) in [5.41, 5.74) is 4.26. The molecule has 1 saturated carbocycles. The molecule has 182 valence electrons. The number of methoxy groups -OCH3 is 1. The average molecular weight is 480 g/mol. The number of benzene rings is 2. The first kappa shape index (κ1) is 26.0. The molecule has 1 aliphatic carbocycles. The fourth-order valence-electron chi connectivity index (χ4n) is 4.12. The molecule has 0 amide bonds. The van der Waals surface area contributed by atoms with Crippen molar-refractivity contribution in [1.29, 1.82) is 0 Å². The van der Waals surface area contributed by atoms with Crippen molar-refractivity contribution in [3.8, 4) is 16.9 Å². The molecule has 5 nitrogen and oxygen atoms in total. The van der Waals surface area contributed by atoms with Crippen molar-refractivity contribution in [3.05, 3.63) is 66.0 Å². The maximum Gasteiger partial charge on any atom is 0.225 e. The van der Waals surface area contributed by atoms with Gasteiger partial charge < -0.3 is 14.7 Å². The van der Waals surface area contributed by atoms with Gasteiger partial charge in [-0.05, 0) is 71.9 Å². The molecule has 34 heavy (non-hydrogen) atoms. The Bertz CT molecular complexity index is 1010. The predicted molar refractivity (Wildman–Crippen MR) is 143 cm³/mol. The fraction of sp³-hybridized carbons (Fsp3) is 0.429. The van der Waals surface area contributed by atoms with Gasteiger partial charge in [-0.25, -0.2) is 9.97 Å². The van der Waals surface area contributed by atoms with E-state index in [2.05, 4.69) is 52.3 Å². The van der Waals surface area contributed by atoms with E-state index >= 15 is 0 Å². The molecule has 2 aromatic carbocycles. The number of nitrogens with zero attached hydrogens (tertiary/aromatic N) is 3. The molecule has 5 rings (SSSR count). The number of anilines is 1. The van der Waals surface area contributed by atoms with E-state index in [1.54, 1.807) is 18.9 Å². The lowest BCUT2D eigenvalue weighted by Gasteiger charge is -2.17. The Hall–Kier alpha value is -2.57. The van der Waals surface area contributed by atoms with Crippen molar-refractivity contribution in [2.45, 2.75) is 45.1 Å². The number of ether oxygens (including phenoxy) is 1. The minimum absolute atomic E-state index is 0.0140. The van der Waals surface area contributed by atoms with E-state index in [-0.39, 0.29) is 6.61 Å². The minimum atomic E-state index is -0.0140. The molecule has 2 fully saturated rings. The van der Waals surface area contributed by atoms with E-state index < -0.39 is 0 Å². The highest BCUT2D eigenvalue weighted by molar-refractivity contribution is 7.98. The van der Waals surface area contributed by atoms with E-state index in [9.17, 15) is 5.11 Å². The molecule has 2 aliphatic rings. The van der Waals surface area contributed by atoms with Crippen LogP contribution < -0.4 is 9.64 Å². The Labute approximate surface area is 208 Å². The van der Waals surface area contributed by atoms with Crippen LogP contribution in [0.25, 0.3) is 11.1 Å². The van der Waals surface area contributed by atoms with Crippen molar-refractivity contribution in [2.24, 2.45) is 11.8 Å². The number of fused-ring (bicyclic) bond motifs is 1. The normalized spacial score (nSPS) is 17.6. The van der Waals surface area contributed by atoms with Gasteiger partial charge in [0.1, 0.15) is 5.75 Å². The lowest BCUT2D eigenvalue weighted by molar-refractivity contribution is 0.274. The summed E-state index contributed by atoms with van der Waals surface area (Å²) in [6.45, 7) is 8.47. The first-order chi connectivity index (χ1) is 16.6. The number of hydrogen-bond acceptors (Lipinski definition) is 6. The summed E-state index contributed by atoms with van der Waals surface area (Å²) >= 11 is 1.73. The number of aliphatic hydroxyl groups is 1. The number of aromatic nitrogens is 2. The summed E-state index contributed by atoms with van der Waals surface area (Å²) in [6.07, 6.45) is 8.42. The summed E-state index contributed by atoms with van der Waals surface area (Å²) in [7, 11) is 1.61. The van der Waals surface area contributed by atoms with Gasteiger partial charge in [0.2, 0.25) is 5.95 Å². The number of rotatable bonds is 6. The van der Waals surface area contributed by atoms with E-state index in [1.165, 1.54) is 30.0 Å². The molecular weight excluding hydrogens is 442 g/mol. The second kappa shape index (κ2) is 12.8. The molecule has 0 radical (unpaired) electrons. The van der Waals surface area contributed by atoms with Crippen molar-refractivity contribution < 1.29 is 9.84 Å². The van der Waals surface area contributed by atoms with Crippen LogP contribution in [0.1, 0.15) is 38.3 Å². The fourth-order valence-corrected chi connectivity index (χ4v) is 4.53. The standard InChI is InChI=1S/C15H16O2S.C11H15N3.C2H6/c1-17-15-8-5-12(9-13(15)10-16)11-3-6-14(18-2)7-4-11;1-2-8-4-12-11(13-5-8)14-6-9-3-10(9)7-14;1-2/h3-9,16H,10H2,1-2H3;4-5,9-10H,2-3,6-7H2,1H3;1-2H3. The highest BCUT2D eigenvalue weighted by atomic mass is 32.2. The molecule has 1 aromatic heterocycles. The molecule has 1 N–H and O–H groups in total. The van der Waals surface area contributed by atoms with Crippen molar-refractivity contribution >= 4 is 17.7 Å². The quantitative estimate of drug-likeness (QED) is 0.431. The Kier molecular flexibility index (Phi) is 9.78. The van der Waals surface area contributed by atoms with Gasteiger partial charge in [-0.1, -0.05) is 39.0 Å². The second-order valence-corrected chi connectivity index (χ2v) is 9.20. The number of aryl methyl sites for hydroxylation is 1. The van der Waals surface area contributed by atoms with E-state index in [4.69, 9.17) is 4.74 Å². The Morgan fingerprint density at radius 1 is 1.00 bits per heavy atom. The molecule has 2 unspecified atom stereocenters. The van der Waals surface area contributed by atoms with Gasteiger partial charge in [-0.2, -0.15) is 0 Å². The molecule has 1 aliphatic heterocycles. The Balaban J connectivity index is 0.000000182. The maximum atomic E-state index is 9.32. The highest BCUT2D eigenvalue weighted by Gasteiger charge is 2.45. The molecule has 0 spiro atoms. The van der Waals surface area contributed by atoms with Crippen molar-refractivity contribution in [2.75, 3.05) is 31.4 Å². The smallest absolute Gasteiger partial charge is 0.225 e. The number of hydrogen-bond donors (Lipinski definition) is 1. The highest BCUT2D eigenvalue weighted by Crippen LogP contribution is 2.45. The number of piperidine rings is 1. The molecular formula is C28H37N3O2S. The van der Waals surface area contributed by atoms with Gasteiger partial charge in [-0.3, -0.25) is 0 Å². The monoisotopic (exact) mass is 479 g/mol. The van der Waals surface area contributed by atoms with Gasteiger partial charge in [-0.15, -0.1) is 11.8 Å². The minimum Gasteiger partial charge on any atom is -0.496 e. The van der Waals surface area contributed by atoms with Crippen LogP contribution >= 0.6 is 11.8 Å². The first-order valence-electron chi connectivity index (χ1n) is 12.1. The van der Waals surface area contributed by atoms with Crippen molar-refractivity contribution in [1.82, 2.24) is 9.97 Å². The summed E-state index contributed by atoms with van der Waals surface area (Å²) in [5, 5.41) is 9.32. The molecule has 1 saturated heterocycles. The summed E-state index contributed by atoms with van der Waals surface area (Å²) in [4.78, 5) is 12.4. The topological polar surface area (TPSA) is 58.5 Å². The average Bonchev–Trinajstić information content (AvgIpc) is 3.54. The molecule has 2 atom stereocenters. The van der Waals surface area contributed by atoms with Gasteiger partial charge in [0.05, 0.1) is 13.7 Å². The first-order valence-corrected chi connectivity index (χ1v) is 13.4. The Morgan fingerprint density at radius 3 is 2.15 bits per heavy atom. The molecule has 2 heterocycles. The maximum absolute atomic E-state index is 9.32. The Morgan fingerprint density at radius 2 is 1.62 bits per heavy atom. The molecule has 3 aromatic rings. The SMILES string of the molecule is CC.CCc1cnc(N2CC3CC3C2)nc1.COc1ccc(-c2ccc(SC)cc2)cc1CO. The van der Waals surface area contributed by atoms with Gasteiger partial charge in [0.15, 0.2) is 0 Å². The van der Waals surface area contributed by atoms with E-state index in [1.807, 2.05) is 44.4 Å². The lowest BCUT2D eigenvalue weighted by Crippen LogP contribution is -2.23. The summed E-state index contributed by atoms with van der Waals surface area (Å²) in [5.74, 6) is 3.55. The van der Waals surface area contributed by atoms with Crippen LogP contribution in [-0.4, -0.2) is 41.5 Å².